The zero-order chi connectivity index (χ0) is 15.9. The quantitative estimate of drug-likeness (QED) is 0.546. The van der Waals surface area contributed by atoms with Crippen molar-refractivity contribution in [1.82, 2.24) is 8.96 Å². The van der Waals surface area contributed by atoms with Gasteiger partial charge in [0.25, 0.3) is 15.7 Å². The molecule has 2 heterocycles. The SMILES string of the molecule is Cc1ccc2c([N+](=O)[O-])cn(S(=O)(=O)c3ccccc3)c2n1. The average molecular weight is 317 g/mol. The maximum absolute atomic E-state index is 12.7. The first-order valence-electron chi connectivity index (χ1n) is 6.35. The molecule has 1 aromatic carbocycles. The number of nitro groups is 1. The summed E-state index contributed by atoms with van der Waals surface area (Å²) < 4.78 is 26.3. The molecule has 0 aliphatic rings. The Morgan fingerprint density at radius 1 is 1.14 bits per heavy atom. The number of rotatable bonds is 3. The molecule has 0 amide bonds. The van der Waals surface area contributed by atoms with Crippen LogP contribution in [0.2, 0.25) is 0 Å². The van der Waals surface area contributed by atoms with Gasteiger partial charge >= 0.3 is 0 Å². The Labute approximate surface area is 126 Å². The number of fused-ring (bicyclic) bond motifs is 1. The third-order valence-corrected chi connectivity index (χ3v) is 4.90. The Morgan fingerprint density at radius 2 is 1.82 bits per heavy atom. The molecule has 0 atom stereocenters. The molecule has 22 heavy (non-hydrogen) atoms. The Hall–Kier alpha value is -2.74. The smallest absolute Gasteiger partial charge is 0.258 e. The molecule has 0 aliphatic heterocycles. The summed E-state index contributed by atoms with van der Waals surface area (Å²) >= 11 is 0. The molecule has 0 fully saturated rings. The summed E-state index contributed by atoms with van der Waals surface area (Å²) in [6.45, 7) is 1.69. The third-order valence-electron chi connectivity index (χ3n) is 3.24. The third kappa shape index (κ3) is 2.13. The summed E-state index contributed by atoms with van der Waals surface area (Å²) in [6, 6.07) is 10.8. The van der Waals surface area contributed by atoms with Gasteiger partial charge in [0.2, 0.25) is 0 Å². The van der Waals surface area contributed by atoms with E-state index in [1.54, 1.807) is 31.2 Å². The van der Waals surface area contributed by atoms with E-state index in [0.717, 1.165) is 10.2 Å². The van der Waals surface area contributed by atoms with E-state index in [0.29, 0.717) is 5.69 Å². The van der Waals surface area contributed by atoms with Gasteiger partial charge in [-0.15, -0.1) is 0 Å². The molecule has 7 nitrogen and oxygen atoms in total. The zero-order valence-corrected chi connectivity index (χ0v) is 12.3. The van der Waals surface area contributed by atoms with Crippen molar-refractivity contribution in [3.63, 3.8) is 0 Å². The maximum atomic E-state index is 12.7. The van der Waals surface area contributed by atoms with E-state index in [9.17, 15) is 18.5 Å². The number of pyridine rings is 1. The first-order valence-corrected chi connectivity index (χ1v) is 7.79. The number of hydrogen-bond donors (Lipinski definition) is 0. The largest absolute Gasteiger partial charge is 0.297 e. The highest BCUT2D eigenvalue weighted by atomic mass is 32.2. The van der Waals surface area contributed by atoms with Gasteiger partial charge in [0.15, 0.2) is 5.65 Å². The van der Waals surface area contributed by atoms with Crippen LogP contribution < -0.4 is 0 Å². The lowest BCUT2D eigenvalue weighted by atomic mass is 10.3. The molecule has 0 bridgehead atoms. The molecular formula is C14H11N3O4S. The number of aromatic nitrogens is 2. The Morgan fingerprint density at radius 3 is 2.45 bits per heavy atom. The van der Waals surface area contributed by atoms with E-state index in [4.69, 9.17) is 0 Å². The number of benzene rings is 1. The van der Waals surface area contributed by atoms with Gasteiger partial charge in [0.1, 0.15) is 6.20 Å². The van der Waals surface area contributed by atoms with Gasteiger partial charge in [0.05, 0.1) is 15.2 Å². The van der Waals surface area contributed by atoms with Gasteiger partial charge in [-0.3, -0.25) is 10.1 Å². The van der Waals surface area contributed by atoms with Crippen molar-refractivity contribution in [2.45, 2.75) is 11.8 Å². The van der Waals surface area contributed by atoms with Crippen molar-refractivity contribution in [1.29, 1.82) is 0 Å². The van der Waals surface area contributed by atoms with Crippen molar-refractivity contribution in [3.8, 4) is 0 Å². The van der Waals surface area contributed by atoms with Crippen LogP contribution in [0.1, 0.15) is 5.69 Å². The van der Waals surface area contributed by atoms with Crippen LogP contribution in [0.15, 0.2) is 53.6 Å². The van der Waals surface area contributed by atoms with Gasteiger partial charge < -0.3 is 0 Å². The molecule has 0 N–H and O–H groups in total. The molecular weight excluding hydrogens is 306 g/mol. The second-order valence-corrected chi connectivity index (χ2v) is 6.52. The van der Waals surface area contributed by atoms with Crippen molar-refractivity contribution in [3.05, 3.63) is 64.5 Å². The number of hydrogen-bond acceptors (Lipinski definition) is 5. The van der Waals surface area contributed by atoms with Gasteiger partial charge in [-0.05, 0) is 31.2 Å². The minimum absolute atomic E-state index is 0.0464. The monoisotopic (exact) mass is 317 g/mol. The fourth-order valence-electron chi connectivity index (χ4n) is 2.19. The van der Waals surface area contributed by atoms with Crippen molar-refractivity contribution < 1.29 is 13.3 Å². The van der Waals surface area contributed by atoms with Crippen molar-refractivity contribution in [2.24, 2.45) is 0 Å². The highest BCUT2D eigenvalue weighted by Crippen LogP contribution is 2.29. The van der Waals surface area contributed by atoms with E-state index in [1.807, 2.05) is 0 Å². The van der Waals surface area contributed by atoms with Crippen LogP contribution in [-0.4, -0.2) is 22.3 Å². The Bertz CT molecular complexity index is 978. The van der Waals surface area contributed by atoms with Crippen LogP contribution in [0.5, 0.6) is 0 Å². The molecule has 0 saturated carbocycles. The van der Waals surface area contributed by atoms with Crippen LogP contribution in [0.3, 0.4) is 0 Å². The normalized spacial score (nSPS) is 11.7. The topological polar surface area (TPSA) is 95.1 Å². The molecule has 0 saturated heterocycles. The van der Waals surface area contributed by atoms with E-state index < -0.39 is 14.9 Å². The molecule has 8 heteroatoms. The molecule has 0 aliphatic carbocycles. The molecule has 3 aromatic rings. The van der Waals surface area contributed by atoms with E-state index in [-0.39, 0.29) is 21.6 Å². The number of aryl methyl sites for hydroxylation is 1. The summed E-state index contributed by atoms with van der Waals surface area (Å²) in [5, 5.41) is 11.3. The fraction of sp³-hybridized carbons (Fsp3) is 0.0714. The van der Waals surface area contributed by atoms with Gasteiger partial charge in [-0.2, -0.15) is 0 Å². The molecule has 112 valence electrons. The minimum atomic E-state index is -3.95. The summed E-state index contributed by atoms with van der Waals surface area (Å²) in [4.78, 5) is 14.7. The van der Waals surface area contributed by atoms with Crippen LogP contribution in [0.25, 0.3) is 11.0 Å². The fourth-order valence-corrected chi connectivity index (χ4v) is 3.52. The van der Waals surface area contributed by atoms with Crippen molar-refractivity contribution >= 4 is 26.7 Å². The average Bonchev–Trinajstić information content (AvgIpc) is 2.87. The second-order valence-electron chi connectivity index (χ2n) is 4.71. The van der Waals surface area contributed by atoms with Crippen LogP contribution >= 0.6 is 0 Å². The lowest BCUT2D eigenvalue weighted by Gasteiger charge is -2.06. The lowest BCUT2D eigenvalue weighted by molar-refractivity contribution is -0.383. The second kappa shape index (κ2) is 4.92. The molecule has 0 radical (unpaired) electrons. The first-order chi connectivity index (χ1) is 10.4. The van der Waals surface area contributed by atoms with Crippen LogP contribution in [0, 0.1) is 17.0 Å². The number of nitrogens with zero attached hydrogens (tertiary/aromatic N) is 3. The summed E-state index contributed by atoms with van der Waals surface area (Å²) in [5.41, 5.74) is 0.336. The highest BCUT2D eigenvalue weighted by molar-refractivity contribution is 7.90. The van der Waals surface area contributed by atoms with Gasteiger partial charge in [0, 0.05) is 5.69 Å². The van der Waals surface area contributed by atoms with E-state index in [2.05, 4.69) is 4.98 Å². The summed E-state index contributed by atoms with van der Waals surface area (Å²) in [7, 11) is -3.95. The first kappa shape index (κ1) is 14.2. The molecule has 3 rings (SSSR count). The Kier molecular flexibility index (Phi) is 3.18. The van der Waals surface area contributed by atoms with E-state index in [1.165, 1.54) is 18.2 Å². The predicted molar refractivity (Wildman–Crippen MR) is 80.2 cm³/mol. The summed E-state index contributed by atoms with van der Waals surface area (Å²) in [6.07, 6.45) is 0.999. The zero-order valence-electron chi connectivity index (χ0n) is 11.5. The van der Waals surface area contributed by atoms with Gasteiger partial charge in [-0.25, -0.2) is 17.4 Å². The van der Waals surface area contributed by atoms with Crippen molar-refractivity contribution in [2.75, 3.05) is 0 Å². The van der Waals surface area contributed by atoms with Crippen LogP contribution in [-0.2, 0) is 10.0 Å². The van der Waals surface area contributed by atoms with E-state index >= 15 is 0 Å². The Balaban J connectivity index is 2.36. The lowest BCUT2D eigenvalue weighted by Crippen LogP contribution is -2.12. The highest BCUT2D eigenvalue weighted by Gasteiger charge is 2.26. The minimum Gasteiger partial charge on any atom is -0.258 e. The van der Waals surface area contributed by atoms with Gasteiger partial charge in [-0.1, -0.05) is 18.2 Å². The van der Waals surface area contributed by atoms with Crippen LogP contribution in [0.4, 0.5) is 5.69 Å². The maximum Gasteiger partial charge on any atom is 0.297 e. The summed E-state index contributed by atoms with van der Waals surface area (Å²) in [5.74, 6) is 0. The molecule has 0 spiro atoms. The molecule has 2 aromatic heterocycles. The standard InChI is InChI=1S/C14H11N3O4S/c1-10-7-8-12-13(17(18)19)9-16(14(12)15-10)22(20,21)11-5-3-2-4-6-11/h2-9H,1H3. The molecule has 0 unspecified atom stereocenters. The predicted octanol–water partition coefficient (Wildman–Crippen LogP) is 2.49.